The van der Waals surface area contributed by atoms with E-state index in [-0.39, 0.29) is 0 Å². The van der Waals surface area contributed by atoms with E-state index in [1.807, 2.05) is 7.05 Å². The van der Waals surface area contributed by atoms with Crippen molar-refractivity contribution >= 4 is 0 Å². The lowest BCUT2D eigenvalue weighted by Crippen LogP contribution is -2.28. The molecule has 20 heavy (non-hydrogen) atoms. The molecule has 1 aromatic carbocycles. The van der Waals surface area contributed by atoms with Crippen molar-refractivity contribution in [3.63, 3.8) is 0 Å². The fraction of sp³-hybridized carbons (Fsp3) is 0.647. The zero-order valence-corrected chi connectivity index (χ0v) is 13.3. The number of ether oxygens (including phenoxy) is 1. The van der Waals surface area contributed by atoms with Crippen LogP contribution in [0.5, 0.6) is 5.75 Å². The summed E-state index contributed by atoms with van der Waals surface area (Å²) in [6.45, 7) is 3.16. The lowest BCUT2D eigenvalue weighted by Gasteiger charge is -2.25. The molecule has 1 aromatic rings. The Morgan fingerprint density at radius 2 is 2.05 bits per heavy atom. The summed E-state index contributed by atoms with van der Waals surface area (Å²) in [6, 6.07) is 7.65. The van der Waals surface area contributed by atoms with Gasteiger partial charge in [0.1, 0.15) is 5.75 Å². The predicted octanol–water partition coefficient (Wildman–Crippen LogP) is 3.35. The van der Waals surface area contributed by atoms with Gasteiger partial charge in [-0.3, -0.25) is 4.90 Å². The first kappa shape index (κ1) is 15.3. The molecule has 0 spiro atoms. The van der Waals surface area contributed by atoms with Crippen LogP contribution in [0.4, 0.5) is 0 Å². The monoisotopic (exact) mass is 276 g/mol. The van der Waals surface area contributed by atoms with Gasteiger partial charge in [-0.25, -0.2) is 0 Å². The van der Waals surface area contributed by atoms with Gasteiger partial charge in [0, 0.05) is 24.2 Å². The molecule has 0 heterocycles. The third-order valence-corrected chi connectivity index (χ3v) is 4.61. The van der Waals surface area contributed by atoms with Crippen LogP contribution >= 0.6 is 0 Å². The molecule has 0 aliphatic heterocycles. The van der Waals surface area contributed by atoms with Crippen molar-refractivity contribution in [2.45, 2.75) is 51.2 Å². The zero-order valence-electron chi connectivity index (χ0n) is 13.3. The zero-order chi connectivity index (χ0) is 14.5. The van der Waals surface area contributed by atoms with Gasteiger partial charge in [0.25, 0.3) is 0 Å². The molecule has 3 nitrogen and oxygen atoms in total. The lowest BCUT2D eigenvalue weighted by atomic mass is 10.0. The summed E-state index contributed by atoms with van der Waals surface area (Å²) in [6.07, 6.45) is 5.43. The third kappa shape index (κ3) is 3.53. The summed E-state index contributed by atoms with van der Waals surface area (Å²) >= 11 is 0. The van der Waals surface area contributed by atoms with Gasteiger partial charge in [0.05, 0.1) is 7.11 Å². The van der Waals surface area contributed by atoms with Crippen LogP contribution in [0.3, 0.4) is 0 Å². The van der Waals surface area contributed by atoms with Crippen molar-refractivity contribution in [2.24, 2.45) is 0 Å². The predicted molar refractivity (Wildman–Crippen MR) is 84.2 cm³/mol. The van der Waals surface area contributed by atoms with Crippen molar-refractivity contribution < 1.29 is 4.74 Å². The Hall–Kier alpha value is -1.06. The first-order valence-corrected chi connectivity index (χ1v) is 7.70. The molecule has 112 valence electrons. The Morgan fingerprint density at radius 1 is 1.35 bits per heavy atom. The van der Waals surface area contributed by atoms with E-state index in [0.717, 1.165) is 18.3 Å². The molecule has 1 saturated carbocycles. The molecular weight excluding hydrogens is 248 g/mol. The summed E-state index contributed by atoms with van der Waals surface area (Å²) in [5.41, 5.74) is 2.62. The average molecular weight is 276 g/mol. The van der Waals surface area contributed by atoms with Crippen molar-refractivity contribution in [3.05, 3.63) is 29.3 Å². The Balaban J connectivity index is 2.14. The minimum absolute atomic E-state index is 0.372. The van der Waals surface area contributed by atoms with Gasteiger partial charge in [0.2, 0.25) is 0 Å². The van der Waals surface area contributed by atoms with Crippen molar-refractivity contribution in [1.29, 1.82) is 0 Å². The fourth-order valence-electron chi connectivity index (χ4n) is 3.10. The van der Waals surface area contributed by atoms with Crippen LogP contribution in [0, 0.1) is 0 Å². The van der Waals surface area contributed by atoms with E-state index in [4.69, 9.17) is 4.74 Å². The van der Waals surface area contributed by atoms with E-state index in [0.29, 0.717) is 6.04 Å². The molecule has 1 N–H and O–H groups in total. The van der Waals surface area contributed by atoms with E-state index in [1.54, 1.807) is 7.11 Å². The van der Waals surface area contributed by atoms with Crippen LogP contribution in [0.25, 0.3) is 0 Å². The molecule has 1 unspecified atom stereocenters. The normalized spacial score (nSPS) is 17.6. The van der Waals surface area contributed by atoms with Crippen LogP contribution in [0.1, 0.15) is 49.8 Å². The number of nitrogens with one attached hydrogen (secondary N) is 1. The Morgan fingerprint density at radius 3 is 2.65 bits per heavy atom. The number of methoxy groups -OCH3 is 1. The van der Waals surface area contributed by atoms with Crippen molar-refractivity contribution in [1.82, 2.24) is 10.2 Å². The Labute approximate surface area is 123 Å². The van der Waals surface area contributed by atoms with Gasteiger partial charge < -0.3 is 10.1 Å². The van der Waals surface area contributed by atoms with Crippen molar-refractivity contribution in [2.75, 3.05) is 21.2 Å². The van der Waals surface area contributed by atoms with Crippen LogP contribution in [-0.2, 0) is 6.54 Å². The Bertz CT molecular complexity index is 427. The molecule has 0 amide bonds. The SMILES string of the molecule is CNC(C)c1ccc(OC)c(CN(C)C2CCCC2)c1. The molecule has 1 aliphatic rings. The van der Waals surface area contributed by atoms with E-state index >= 15 is 0 Å². The minimum Gasteiger partial charge on any atom is -0.496 e. The molecular formula is C17H28N2O. The molecule has 0 aromatic heterocycles. The van der Waals surface area contributed by atoms with Crippen LogP contribution in [0.2, 0.25) is 0 Å². The highest BCUT2D eigenvalue weighted by atomic mass is 16.5. The second kappa shape index (κ2) is 7.09. The maximum atomic E-state index is 5.53. The van der Waals surface area contributed by atoms with Gasteiger partial charge in [-0.1, -0.05) is 18.9 Å². The molecule has 2 rings (SSSR count). The maximum absolute atomic E-state index is 5.53. The second-order valence-corrected chi connectivity index (χ2v) is 5.94. The molecule has 1 atom stereocenters. The van der Waals surface area contributed by atoms with Gasteiger partial charge >= 0.3 is 0 Å². The second-order valence-electron chi connectivity index (χ2n) is 5.94. The topological polar surface area (TPSA) is 24.5 Å². The number of rotatable bonds is 6. The lowest BCUT2D eigenvalue weighted by molar-refractivity contribution is 0.234. The van der Waals surface area contributed by atoms with Gasteiger partial charge in [0.15, 0.2) is 0 Å². The molecule has 0 bridgehead atoms. The summed E-state index contributed by atoms with van der Waals surface area (Å²) in [7, 11) is 6.00. The molecule has 0 saturated heterocycles. The van der Waals surface area contributed by atoms with E-state index < -0.39 is 0 Å². The number of hydrogen-bond acceptors (Lipinski definition) is 3. The summed E-state index contributed by atoms with van der Waals surface area (Å²) in [4.78, 5) is 2.48. The highest BCUT2D eigenvalue weighted by molar-refractivity contribution is 5.38. The highest BCUT2D eigenvalue weighted by Crippen LogP contribution is 2.28. The first-order valence-electron chi connectivity index (χ1n) is 7.70. The summed E-state index contributed by atoms with van der Waals surface area (Å²) < 4.78 is 5.53. The molecule has 0 radical (unpaired) electrons. The third-order valence-electron chi connectivity index (χ3n) is 4.61. The van der Waals surface area contributed by atoms with Gasteiger partial charge in [-0.05, 0) is 51.6 Å². The van der Waals surface area contributed by atoms with Crippen molar-refractivity contribution in [3.8, 4) is 5.75 Å². The van der Waals surface area contributed by atoms with E-state index in [2.05, 4.69) is 42.4 Å². The van der Waals surface area contributed by atoms with E-state index in [1.165, 1.54) is 36.8 Å². The molecule has 3 heteroatoms. The fourth-order valence-corrected chi connectivity index (χ4v) is 3.10. The van der Waals surface area contributed by atoms with Gasteiger partial charge in [-0.2, -0.15) is 0 Å². The molecule has 1 fully saturated rings. The van der Waals surface area contributed by atoms with Gasteiger partial charge in [-0.15, -0.1) is 0 Å². The number of nitrogens with zero attached hydrogens (tertiary/aromatic N) is 1. The Kier molecular flexibility index (Phi) is 5.44. The number of hydrogen-bond donors (Lipinski definition) is 1. The summed E-state index contributed by atoms with van der Waals surface area (Å²) in [5, 5.41) is 3.30. The summed E-state index contributed by atoms with van der Waals surface area (Å²) in [5.74, 6) is 1.00. The largest absolute Gasteiger partial charge is 0.496 e. The minimum atomic E-state index is 0.372. The highest BCUT2D eigenvalue weighted by Gasteiger charge is 2.20. The maximum Gasteiger partial charge on any atom is 0.123 e. The average Bonchev–Trinajstić information content (AvgIpc) is 3.00. The van der Waals surface area contributed by atoms with Crippen LogP contribution < -0.4 is 10.1 Å². The van der Waals surface area contributed by atoms with E-state index in [9.17, 15) is 0 Å². The van der Waals surface area contributed by atoms with Crippen LogP contribution in [0.15, 0.2) is 18.2 Å². The molecule has 1 aliphatic carbocycles. The van der Waals surface area contributed by atoms with Crippen LogP contribution in [-0.4, -0.2) is 32.1 Å². The standard InChI is InChI=1S/C17H28N2O/c1-13(18-2)14-9-10-17(20-4)15(11-14)12-19(3)16-7-5-6-8-16/h9-11,13,16,18H,5-8,12H2,1-4H3. The smallest absolute Gasteiger partial charge is 0.123 e. The quantitative estimate of drug-likeness (QED) is 0.862. The number of benzene rings is 1. The first-order chi connectivity index (χ1) is 9.65.